The first-order valence-corrected chi connectivity index (χ1v) is 6.43. The molecule has 5 heteroatoms. The van der Waals surface area contributed by atoms with Crippen LogP contribution in [0.2, 0.25) is 5.15 Å². The van der Waals surface area contributed by atoms with Gasteiger partial charge in [-0.1, -0.05) is 11.6 Å². The fourth-order valence-corrected chi connectivity index (χ4v) is 2.51. The number of ether oxygens (including phenoxy) is 1. The lowest BCUT2D eigenvalue weighted by Gasteiger charge is -2.09. The second kappa shape index (κ2) is 4.80. The number of pyridine rings is 1. The summed E-state index contributed by atoms with van der Waals surface area (Å²) in [5.41, 5.74) is 2.47. The highest BCUT2D eigenvalue weighted by molar-refractivity contribution is 6.30. The standard InChI is InChI=1S/C15H12ClFN2O/c1-19-12(5-9-6-15(16)18-8-13(9)19)11-7-10(17)3-4-14(11)20-2/h3-8H,1-2H3. The summed E-state index contributed by atoms with van der Waals surface area (Å²) in [4.78, 5) is 4.07. The SMILES string of the molecule is COc1ccc(F)cc1-c1cc2cc(Cl)ncc2n1C. The molecule has 0 unspecified atom stereocenters. The number of rotatable bonds is 2. The van der Waals surface area contributed by atoms with E-state index in [0.29, 0.717) is 16.5 Å². The second-order valence-electron chi connectivity index (χ2n) is 4.50. The summed E-state index contributed by atoms with van der Waals surface area (Å²) >= 11 is 5.91. The molecular weight excluding hydrogens is 279 g/mol. The lowest BCUT2D eigenvalue weighted by Crippen LogP contribution is -1.95. The van der Waals surface area contributed by atoms with Crippen molar-refractivity contribution in [3.8, 4) is 17.0 Å². The number of aromatic nitrogens is 2. The molecule has 0 N–H and O–H groups in total. The molecule has 0 aliphatic rings. The molecule has 2 heterocycles. The van der Waals surface area contributed by atoms with Crippen molar-refractivity contribution < 1.29 is 9.13 Å². The fraction of sp³-hybridized carbons (Fsp3) is 0.133. The van der Waals surface area contributed by atoms with E-state index in [1.165, 1.54) is 12.1 Å². The second-order valence-corrected chi connectivity index (χ2v) is 4.89. The van der Waals surface area contributed by atoms with E-state index < -0.39 is 0 Å². The van der Waals surface area contributed by atoms with Crippen molar-refractivity contribution >= 4 is 22.5 Å². The molecule has 1 aromatic carbocycles. The van der Waals surface area contributed by atoms with Gasteiger partial charge in [0.15, 0.2) is 0 Å². The fourth-order valence-electron chi connectivity index (χ4n) is 2.35. The van der Waals surface area contributed by atoms with Gasteiger partial charge in [0.1, 0.15) is 16.7 Å². The molecule has 0 aliphatic carbocycles. The molecule has 0 spiro atoms. The molecule has 0 amide bonds. The van der Waals surface area contributed by atoms with Crippen molar-refractivity contribution in [3.05, 3.63) is 47.5 Å². The van der Waals surface area contributed by atoms with Gasteiger partial charge in [0.2, 0.25) is 0 Å². The van der Waals surface area contributed by atoms with Gasteiger partial charge in [-0.15, -0.1) is 0 Å². The Morgan fingerprint density at radius 1 is 1.25 bits per heavy atom. The van der Waals surface area contributed by atoms with Crippen molar-refractivity contribution in [2.24, 2.45) is 7.05 Å². The van der Waals surface area contributed by atoms with E-state index in [4.69, 9.17) is 16.3 Å². The number of benzene rings is 1. The number of fused-ring (bicyclic) bond motifs is 1. The minimum absolute atomic E-state index is 0.304. The summed E-state index contributed by atoms with van der Waals surface area (Å²) in [6.07, 6.45) is 1.70. The van der Waals surface area contributed by atoms with Gasteiger partial charge in [-0.25, -0.2) is 9.37 Å². The monoisotopic (exact) mass is 290 g/mol. The van der Waals surface area contributed by atoms with Crippen LogP contribution in [0.4, 0.5) is 4.39 Å². The van der Waals surface area contributed by atoms with Gasteiger partial charge in [0.05, 0.1) is 24.5 Å². The molecule has 3 aromatic rings. The van der Waals surface area contributed by atoms with Crippen LogP contribution in [0, 0.1) is 5.82 Å². The molecule has 20 heavy (non-hydrogen) atoms. The summed E-state index contributed by atoms with van der Waals surface area (Å²) in [6.45, 7) is 0. The summed E-state index contributed by atoms with van der Waals surface area (Å²) in [6, 6.07) is 8.19. The molecule has 0 aliphatic heterocycles. The van der Waals surface area contributed by atoms with Crippen LogP contribution in [-0.4, -0.2) is 16.7 Å². The Morgan fingerprint density at radius 2 is 2.05 bits per heavy atom. The molecule has 102 valence electrons. The lowest BCUT2D eigenvalue weighted by molar-refractivity contribution is 0.415. The zero-order chi connectivity index (χ0) is 14.3. The Labute approximate surface area is 120 Å². The summed E-state index contributed by atoms with van der Waals surface area (Å²) in [5, 5.41) is 1.38. The maximum atomic E-state index is 13.5. The van der Waals surface area contributed by atoms with Crippen LogP contribution in [0.25, 0.3) is 22.2 Å². The maximum Gasteiger partial charge on any atom is 0.129 e. The van der Waals surface area contributed by atoms with Gasteiger partial charge in [0.25, 0.3) is 0 Å². The average Bonchev–Trinajstić information content (AvgIpc) is 2.75. The molecule has 3 nitrogen and oxygen atoms in total. The van der Waals surface area contributed by atoms with Crippen LogP contribution in [0.5, 0.6) is 5.75 Å². The Kier molecular flexibility index (Phi) is 3.10. The van der Waals surface area contributed by atoms with E-state index in [1.807, 2.05) is 17.7 Å². The molecule has 0 saturated carbocycles. The van der Waals surface area contributed by atoms with Crippen LogP contribution >= 0.6 is 11.6 Å². The molecule has 2 aromatic heterocycles. The Bertz CT molecular complexity index is 798. The predicted octanol–water partition coefficient (Wildman–Crippen LogP) is 4.04. The molecular formula is C15H12ClFN2O. The van der Waals surface area contributed by atoms with E-state index in [0.717, 1.165) is 16.6 Å². The Morgan fingerprint density at radius 3 is 2.80 bits per heavy atom. The van der Waals surface area contributed by atoms with Gasteiger partial charge in [-0.05, 0) is 30.3 Å². The molecule has 3 rings (SSSR count). The number of methoxy groups -OCH3 is 1. The normalized spacial score (nSPS) is 11.0. The highest BCUT2D eigenvalue weighted by atomic mass is 35.5. The van der Waals surface area contributed by atoms with Gasteiger partial charge >= 0.3 is 0 Å². The third kappa shape index (κ3) is 2.02. The Balaban J connectivity index is 2.29. The van der Waals surface area contributed by atoms with E-state index >= 15 is 0 Å². The highest BCUT2D eigenvalue weighted by Gasteiger charge is 2.13. The molecule has 0 fully saturated rings. The smallest absolute Gasteiger partial charge is 0.129 e. The topological polar surface area (TPSA) is 27.1 Å². The van der Waals surface area contributed by atoms with E-state index in [-0.39, 0.29) is 5.82 Å². The van der Waals surface area contributed by atoms with Crippen molar-refractivity contribution in [1.29, 1.82) is 0 Å². The van der Waals surface area contributed by atoms with Crippen LogP contribution in [0.15, 0.2) is 36.5 Å². The molecule has 0 radical (unpaired) electrons. The van der Waals surface area contributed by atoms with E-state index in [2.05, 4.69) is 4.98 Å². The van der Waals surface area contributed by atoms with E-state index in [9.17, 15) is 4.39 Å². The van der Waals surface area contributed by atoms with Crippen molar-refractivity contribution in [3.63, 3.8) is 0 Å². The van der Waals surface area contributed by atoms with Crippen LogP contribution < -0.4 is 4.74 Å². The first kappa shape index (κ1) is 12.9. The van der Waals surface area contributed by atoms with Gasteiger partial charge < -0.3 is 9.30 Å². The van der Waals surface area contributed by atoms with Crippen molar-refractivity contribution in [2.75, 3.05) is 7.11 Å². The van der Waals surface area contributed by atoms with Gasteiger partial charge in [-0.2, -0.15) is 0 Å². The third-order valence-corrected chi connectivity index (χ3v) is 3.54. The van der Waals surface area contributed by atoms with Gasteiger partial charge in [0, 0.05) is 18.0 Å². The number of hydrogen-bond donors (Lipinski definition) is 0. The number of halogens is 2. The summed E-state index contributed by atoms with van der Waals surface area (Å²) in [5.74, 6) is 0.318. The average molecular weight is 291 g/mol. The first-order valence-electron chi connectivity index (χ1n) is 6.05. The molecule has 0 bridgehead atoms. The molecule has 0 atom stereocenters. The van der Waals surface area contributed by atoms with E-state index in [1.54, 1.807) is 25.4 Å². The number of hydrogen-bond acceptors (Lipinski definition) is 2. The zero-order valence-electron chi connectivity index (χ0n) is 11.0. The van der Waals surface area contributed by atoms with Gasteiger partial charge in [-0.3, -0.25) is 0 Å². The van der Waals surface area contributed by atoms with Crippen LogP contribution in [0.1, 0.15) is 0 Å². The minimum Gasteiger partial charge on any atom is -0.496 e. The third-order valence-electron chi connectivity index (χ3n) is 3.33. The van der Waals surface area contributed by atoms with Crippen molar-refractivity contribution in [1.82, 2.24) is 9.55 Å². The predicted molar refractivity (Wildman–Crippen MR) is 77.7 cm³/mol. The lowest BCUT2D eigenvalue weighted by atomic mass is 10.1. The summed E-state index contributed by atoms with van der Waals surface area (Å²) in [7, 11) is 3.47. The number of nitrogens with zero attached hydrogens (tertiary/aromatic N) is 2. The first-order chi connectivity index (χ1) is 9.60. The summed E-state index contributed by atoms with van der Waals surface area (Å²) < 4.78 is 20.8. The zero-order valence-corrected chi connectivity index (χ0v) is 11.8. The van der Waals surface area contributed by atoms with Crippen molar-refractivity contribution in [2.45, 2.75) is 0 Å². The Hall–Kier alpha value is -2.07. The largest absolute Gasteiger partial charge is 0.496 e. The molecule has 0 saturated heterocycles. The minimum atomic E-state index is -0.304. The maximum absolute atomic E-state index is 13.5. The number of aryl methyl sites for hydroxylation is 1. The van der Waals surface area contributed by atoms with Crippen LogP contribution in [-0.2, 0) is 7.05 Å². The quantitative estimate of drug-likeness (QED) is 0.666. The highest BCUT2D eigenvalue weighted by Crippen LogP contribution is 2.34. The van der Waals surface area contributed by atoms with Crippen LogP contribution in [0.3, 0.4) is 0 Å².